The lowest BCUT2D eigenvalue weighted by Gasteiger charge is -2.27. The van der Waals surface area contributed by atoms with Crippen molar-refractivity contribution in [2.45, 2.75) is 33.2 Å². The van der Waals surface area contributed by atoms with Crippen LogP contribution in [-0.4, -0.2) is 28.4 Å². The van der Waals surface area contributed by atoms with Gasteiger partial charge in [0, 0.05) is 18.8 Å². The minimum Gasteiger partial charge on any atom is -0.336 e. The van der Waals surface area contributed by atoms with Crippen molar-refractivity contribution in [2.75, 3.05) is 6.54 Å². The van der Waals surface area contributed by atoms with Crippen molar-refractivity contribution >= 4 is 17.5 Å². The summed E-state index contributed by atoms with van der Waals surface area (Å²) in [7, 11) is 0. The van der Waals surface area contributed by atoms with Gasteiger partial charge in [-0.05, 0) is 32.4 Å². The zero-order valence-electron chi connectivity index (χ0n) is 9.90. The van der Waals surface area contributed by atoms with Gasteiger partial charge in [-0.25, -0.2) is 4.98 Å². The molecule has 0 fully saturated rings. The van der Waals surface area contributed by atoms with Crippen molar-refractivity contribution in [1.82, 2.24) is 9.88 Å². The van der Waals surface area contributed by atoms with E-state index in [9.17, 15) is 4.79 Å². The van der Waals surface area contributed by atoms with Crippen LogP contribution in [0, 0.1) is 0 Å². The fourth-order valence-electron chi connectivity index (χ4n) is 1.58. The van der Waals surface area contributed by atoms with E-state index in [0.717, 1.165) is 6.42 Å². The highest BCUT2D eigenvalue weighted by atomic mass is 35.5. The molecule has 1 aromatic rings. The van der Waals surface area contributed by atoms with Crippen molar-refractivity contribution < 1.29 is 4.79 Å². The maximum Gasteiger partial charge on any atom is 0.257 e. The number of amides is 1. The first kappa shape index (κ1) is 13.0. The lowest BCUT2D eigenvalue weighted by Crippen LogP contribution is -2.38. The highest BCUT2D eigenvalue weighted by Gasteiger charge is 2.20. The highest BCUT2D eigenvalue weighted by molar-refractivity contribution is 6.32. The molecular weight excluding hydrogens is 224 g/mol. The minimum atomic E-state index is -0.0463. The number of rotatable bonds is 4. The van der Waals surface area contributed by atoms with Crippen LogP contribution in [0.15, 0.2) is 18.3 Å². The smallest absolute Gasteiger partial charge is 0.257 e. The van der Waals surface area contributed by atoms with Gasteiger partial charge in [-0.2, -0.15) is 0 Å². The Bertz CT molecular complexity index is 368. The number of halogens is 1. The fraction of sp³-hybridized carbons (Fsp3) is 0.500. The summed E-state index contributed by atoms with van der Waals surface area (Å²) < 4.78 is 0. The average molecular weight is 241 g/mol. The molecule has 1 atom stereocenters. The normalized spacial score (nSPS) is 12.2. The van der Waals surface area contributed by atoms with Crippen molar-refractivity contribution in [3.8, 4) is 0 Å². The Kier molecular flexibility index (Phi) is 4.74. The highest BCUT2D eigenvalue weighted by Crippen LogP contribution is 2.16. The third-order valence-corrected chi connectivity index (χ3v) is 3.02. The largest absolute Gasteiger partial charge is 0.336 e. The number of hydrogen-bond acceptors (Lipinski definition) is 2. The standard InChI is InChI=1S/C12H17ClN2O/c1-4-9(3)15(5-2)12(16)10-7-6-8-14-11(10)13/h6-9H,4-5H2,1-3H3. The molecule has 1 amide bonds. The zero-order valence-corrected chi connectivity index (χ0v) is 10.7. The van der Waals surface area contributed by atoms with Crippen LogP contribution in [-0.2, 0) is 0 Å². The molecule has 0 saturated heterocycles. The Balaban J connectivity index is 2.96. The molecule has 0 aliphatic heterocycles. The Morgan fingerprint density at radius 2 is 2.25 bits per heavy atom. The van der Waals surface area contributed by atoms with Crippen molar-refractivity contribution in [3.05, 3.63) is 29.0 Å². The maximum atomic E-state index is 12.2. The monoisotopic (exact) mass is 240 g/mol. The van der Waals surface area contributed by atoms with Gasteiger partial charge in [0.05, 0.1) is 5.56 Å². The van der Waals surface area contributed by atoms with Gasteiger partial charge < -0.3 is 4.90 Å². The van der Waals surface area contributed by atoms with Gasteiger partial charge in [0.2, 0.25) is 0 Å². The molecule has 16 heavy (non-hydrogen) atoms. The Hall–Kier alpha value is -1.09. The second kappa shape index (κ2) is 5.85. The molecule has 0 saturated carbocycles. The minimum absolute atomic E-state index is 0.0463. The summed E-state index contributed by atoms with van der Waals surface area (Å²) >= 11 is 5.91. The molecule has 0 N–H and O–H groups in total. The molecule has 1 heterocycles. The Morgan fingerprint density at radius 3 is 2.75 bits per heavy atom. The summed E-state index contributed by atoms with van der Waals surface area (Å²) in [6.07, 6.45) is 2.51. The van der Waals surface area contributed by atoms with Crippen LogP contribution in [0.2, 0.25) is 5.15 Å². The zero-order chi connectivity index (χ0) is 12.1. The van der Waals surface area contributed by atoms with Crippen LogP contribution in [0.5, 0.6) is 0 Å². The van der Waals surface area contributed by atoms with E-state index in [4.69, 9.17) is 11.6 Å². The number of carbonyl (C=O) groups is 1. The number of pyridine rings is 1. The summed E-state index contributed by atoms with van der Waals surface area (Å²) in [5.74, 6) is -0.0463. The number of carbonyl (C=O) groups excluding carboxylic acids is 1. The summed E-state index contributed by atoms with van der Waals surface area (Å²) in [5, 5.41) is 0.272. The van der Waals surface area contributed by atoms with Gasteiger partial charge in [0.25, 0.3) is 5.91 Å². The van der Waals surface area contributed by atoms with Crippen LogP contribution in [0.1, 0.15) is 37.6 Å². The van der Waals surface area contributed by atoms with Crippen LogP contribution >= 0.6 is 11.6 Å². The van der Waals surface area contributed by atoms with Gasteiger partial charge in [-0.1, -0.05) is 18.5 Å². The first-order valence-corrected chi connectivity index (χ1v) is 5.91. The van der Waals surface area contributed by atoms with E-state index < -0.39 is 0 Å². The number of nitrogens with zero attached hydrogens (tertiary/aromatic N) is 2. The number of aromatic nitrogens is 1. The lowest BCUT2D eigenvalue weighted by atomic mass is 10.1. The van der Waals surface area contributed by atoms with Gasteiger partial charge in [0.1, 0.15) is 5.15 Å². The van der Waals surface area contributed by atoms with Gasteiger partial charge in [0.15, 0.2) is 0 Å². The quantitative estimate of drug-likeness (QED) is 0.758. The molecule has 0 radical (unpaired) electrons. The molecule has 1 unspecified atom stereocenters. The van der Waals surface area contributed by atoms with E-state index in [1.54, 1.807) is 18.3 Å². The van der Waals surface area contributed by atoms with Gasteiger partial charge in [-0.3, -0.25) is 4.79 Å². The van der Waals surface area contributed by atoms with Crippen LogP contribution in [0.25, 0.3) is 0 Å². The SMILES string of the molecule is CCC(C)N(CC)C(=O)c1cccnc1Cl. The second-order valence-corrected chi connectivity index (χ2v) is 4.05. The fourth-order valence-corrected chi connectivity index (χ4v) is 1.78. The van der Waals surface area contributed by atoms with E-state index >= 15 is 0 Å². The molecule has 3 nitrogen and oxygen atoms in total. The average Bonchev–Trinajstić information content (AvgIpc) is 2.30. The topological polar surface area (TPSA) is 33.2 Å². The van der Waals surface area contributed by atoms with Crippen LogP contribution in [0.4, 0.5) is 0 Å². The molecule has 0 aliphatic carbocycles. The van der Waals surface area contributed by atoms with E-state index in [0.29, 0.717) is 12.1 Å². The molecule has 0 bridgehead atoms. The molecule has 0 spiro atoms. The number of hydrogen-bond donors (Lipinski definition) is 0. The van der Waals surface area contributed by atoms with Gasteiger partial charge in [-0.15, -0.1) is 0 Å². The van der Waals surface area contributed by atoms with E-state index in [2.05, 4.69) is 11.9 Å². The molecular formula is C12H17ClN2O. The van der Waals surface area contributed by atoms with E-state index in [1.165, 1.54) is 0 Å². The van der Waals surface area contributed by atoms with Crippen LogP contribution < -0.4 is 0 Å². The molecule has 0 aromatic carbocycles. The van der Waals surface area contributed by atoms with Crippen molar-refractivity contribution in [3.63, 3.8) is 0 Å². The van der Waals surface area contributed by atoms with E-state index in [-0.39, 0.29) is 17.1 Å². The Morgan fingerprint density at radius 1 is 1.56 bits per heavy atom. The summed E-state index contributed by atoms with van der Waals surface area (Å²) in [6, 6.07) is 3.65. The van der Waals surface area contributed by atoms with Crippen molar-refractivity contribution in [2.24, 2.45) is 0 Å². The molecule has 1 rings (SSSR count). The van der Waals surface area contributed by atoms with Crippen molar-refractivity contribution in [1.29, 1.82) is 0 Å². The first-order valence-electron chi connectivity index (χ1n) is 5.53. The Labute approximate surface area is 101 Å². The predicted octanol–water partition coefficient (Wildman–Crippen LogP) is 3.00. The third kappa shape index (κ3) is 2.73. The first-order chi connectivity index (χ1) is 7.61. The van der Waals surface area contributed by atoms with Gasteiger partial charge >= 0.3 is 0 Å². The lowest BCUT2D eigenvalue weighted by molar-refractivity contribution is 0.0699. The summed E-state index contributed by atoms with van der Waals surface area (Å²) in [4.78, 5) is 17.9. The second-order valence-electron chi connectivity index (χ2n) is 3.69. The van der Waals surface area contributed by atoms with E-state index in [1.807, 2.05) is 18.7 Å². The molecule has 1 aromatic heterocycles. The maximum absolute atomic E-state index is 12.2. The molecule has 4 heteroatoms. The summed E-state index contributed by atoms with van der Waals surface area (Å²) in [5.41, 5.74) is 0.478. The molecule has 0 aliphatic rings. The third-order valence-electron chi connectivity index (χ3n) is 2.71. The molecule has 88 valence electrons. The van der Waals surface area contributed by atoms with Crippen LogP contribution in [0.3, 0.4) is 0 Å². The summed E-state index contributed by atoms with van der Waals surface area (Å²) in [6.45, 7) is 6.74. The predicted molar refractivity (Wildman–Crippen MR) is 65.7 cm³/mol.